The molecule has 0 saturated carbocycles. The van der Waals surface area contributed by atoms with Crippen molar-refractivity contribution < 1.29 is 31.1 Å². The molecule has 0 bridgehead atoms. The second-order valence-corrected chi connectivity index (χ2v) is 8.87. The van der Waals surface area contributed by atoms with Gasteiger partial charge in [0.1, 0.15) is 11.3 Å². The van der Waals surface area contributed by atoms with Crippen molar-refractivity contribution in [3.63, 3.8) is 0 Å². The predicted octanol–water partition coefficient (Wildman–Crippen LogP) is 0.946. The Labute approximate surface area is 218 Å². The lowest BCUT2D eigenvalue weighted by molar-refractivity contribution is -0.137. The third-order valence-corrected chi connectivity index (χ3v) is 6.26. The minimum absolute atomic E-state index is 0.150. The molecule has 2 aliphatic heterocycles. The number of hydrogen-bond donors (Lipinski definition) is 1. The number of aromatic nitrogens is 4. The zero-order valence-electron chi connectivity index (χ0n) is 20.3. The van der Waals surface area contributed by atoms with Gasteiger partial charge in [0.25, 0.3) is 5.91 Å². The van der Waals surface area contributed by atoms with E-state index in [0.29, 0.717) is 56.3 Å². The summed E-state index contributed by atoms with van der Waals surface area (Å²) in [5.41, 5.74) is 5.21. The molecular weight excluding hydrogens is 529 g/mol. The molecule has 5 rings (SSSR count). The van der Waals surface area contributed by atoms with Crippen molar-refractivity contribution in [2.75, 3.05) is 70.2 Å². The van der Waals surface area contributed by atoms with Gasteiger partial charge in [0.15, 0.2) is 11.6 Å². The van der Waals surface area contributed by atoms with Crippen molar-refractivity contribution in [1.82, 2.24) is 29.4 Å². The molecule has 2 aliphatic rings. The van der Waals surface area contributed by atoms with E-state index in [9.17, 15) is 18.0 Å². The van der Waals surface area contributed by atoms with Crippen molar-refractivity contribution in [2.45, 2.75) is 6.18 Å². The lowest BCUT2D eigenvalue weighted by atomic mass is 10.1. The number of amides is 1. The van der Waals surface area contributed by atoms with Gasteiger partial charge in [-0.15, -0.1) is 5.10 Å². The molecule has 3 aromatic rings. The molecule has 2 saturated heterocycles. The van der Waals surface area contributed by atoms with Crippen LogP contribution >= 0.6 is 0 Å². The minimum Gasteiger partial charge on any atom is -0.384 e. The van der Waals surface area contributed by atoms with Gasteiger partial charge in [0, 0.05) is 51.7 Å². The van der Waals surface area contributed by atoms with E-state index in [0.717, 1.165) is 25.4 Å². The first kappa shape index (κ1) is 27.4. The van der Waals surface area contributed by atoms with Gasteiger partial charge >= 0.3 is 17.7 Å². The average molecular weight is 555 g/mol. The normalized spacial score (nSPS) is 16.7. The predicted molar refractivity (Wildman–Crippen MR) is 131 cm³/mol. The molecular formula is C22H25F3N8O4S. The number of carbonyl (C=O) groups is 1. The first-order valence-corrected chi connectivity index (χ1v) is 12.2. The van der Waals surface area contributed by atoms with Crippen LogP contribution < -0.4 is 10.6 Å². The Balaban J connectivity index is 0.00000107. The summed E-state index contributed by atoms with van der Waals surface area (Å²) in [4.78, 5) is 27.4. The molecule has 0 aromatic carbocycles. The van der Waals surface area contributed by atoms with E-state index >= 15 is 0 Å². The highest BCUT2D eigenvalue weighted by Crippen LogP contribution is 2.37. The van der Waals surface area contributed by atoms with E-state index in [2.05, 4.69) is 20.0 Å². The monoisotopic (exact) mass is 554 g/mol. The summed E-state index contributed by atoms with van der Waals surface area (Å²) in [6.45, 7) is 4.66. The first-order chi connectivity index (χ1) is 18.1. The highest BCUT2D eigenvalue weighted by Gasteiger charge is 2.36. The van der Waals surface area contributed by atoms with Gasteiger partial charge in [-0.2, -0.15) is 21.6 Å². The summed E-state index contributed by atoms with van der Waals surface area (Å²) in [7, 11) is 2.00. The molecule has 204 valence electrons. The van der Waals surface area contributed by atoms with E-state index in [1.165, 1.54) is 4.52 Å². The smallest absolute Gasteiger partial charge is 0.384 e. The van der Waals surface area contributed by atoms with E-state index < -0.39 is 23.3 Å². The van der Waals surface area contributed by atoms with Crippen molar-refractivity contribution in [3.8, 4) is 11.4 Å². The number of halogens is 3. The van der Waals surface area contributed by atoms with Crippen molar-refractivity contribution in [2.24, 2.45) is 0 Å². The van der Waals surface area contributed by atoms with E-state index in [4.69, 9.17) is 18.9 Å². The Bertz CT molecular complexity index is 1350. The molecule has 38 heavy (non-hydrogen) atoms. The number of fused-ring (bicyclic) bond motifs is 1. The van der Waals surface area contributed by atoms with Crippen LogP contribution in [0.2, 0.25) is 0 Å². The lowest BCUT2D eigenvalue weighted by Gasteiger charge is -2.32. The molecule has 0 spiro atoms. The van der Waals surface area contributed by atoms with Crippen LogP contribution in [0.1, 0.15) is 15.9 Å². The standard InChI is InChI=1S/C22H25F3N8O2.O2S/c1-30-2-4-32(5-3-30)21(34)14-10-17-20(31-6-8-35-9-7-31)28-19(29-33(17)13-14)15-12-27-18(26)11-16(15)22(23,24)25;1-3-2/h10-13H,2-9H2,1H3,(H2,26,27);. The molecule has 0 radical (unpaired) electrons. The zero-order valence-corrected chi connectivity index (χ0v) is 21.2. The van der Waals surface area contributed by atoms with Gasteiger partial charge in [0.2, 0.25) is 0 Å². The number of ether oxygens (including phenoxy) is 1. The fourth-order valence-electron chi connectivity index (χ4n) is 4.30. The molecule has 0 unspecified atom stereocenters. The van der Waals surface area contributed by atoms with E-state index in [1.54, 1.807) is 17.2 Å². The summed E-state index contributed by atoms with van der Waals surface area (Å²) < 4.78 is 64.8. The van der Waals surface area contributed by atoms with Gasteiger partial charge in [0.05, 0.1) is 29.9 Å². The SMILES string of the molecule is CN1CCN(C(=O)c2cc3c(N4CCOCC4)nc(-c4cnc(N)cc4C(F)(F)F)nn3c2)CC1.O=S=O. The van der Waals surface area contributed by atoms with Gasteiger partial charge in [-0.25, -0.2) is 14.5 Å². The minimum atomic E-state index is -4.68. The van der Waals surface area contributed by atoms with Crippen molar-refractivity contribution in [1.29, 1.82) is 0 Å². The number of piperazine rings is 1. The topological polar surface area (TPSA) is 139 Å². The Morgan fingerprint density at radius 3 is 2.37 bits per heavy atom. The van der Waals surface area contributed by atoms with Crippen molar-refractivity contribution in [3.05, 3.63) is 35.7 Å². The van der Waals surface area contributed by atoms with Gasteiger partial charge in [-0.1, -0.05) is 0 Å². The molecule has 2 fully saturated rings. The number of nitrogens with zero attached hydrogens (tertiary/aromatic N) is 7. The number of nitrogens with two attached hydrogens (primary N) is 1. The fourth-order valence-corrected chi connectivity index (χ4v) is 4.30. The summed E-state index contributed by atoms with van der Waals surface area (Å²) in [6, 6.07) is 2.47. The highest BCUT2D eigenvalue weighted by molar-refractivity contribution is 7.51. The van der Waals surface area contributed by atoms with E-state index in [1.807, 2.05) is 11.9 Å². The van der Waals surface area contributed by atoms with Crippen LogP contribution in [0.25, 0.3) is 16.9 Å². The van der Waals surface area contributed by atoms with E-state index in [-0.39, 0.29) is 23.1 Å². The Kier molecular flexibility index (Phi) is 8.23. The zero-order chi connectivity index (χ0) is 27.4. The Morgan fingerprint density at radius 1 is 1.08 bits per heavy atom. The van der Waals surface area contributed by atoms with Crippen LogP contribution in [0, 0.1) is 0 Å². The first-order valence-electron chi connectivity index (χ1n) is 11.6. The maximum atomic E-state index is 13.8. The van der Waals surface area contributed by atoms with Gasteiger partial charge < -0.3 is 25.2 Å². The number of carbonyl (C=O) groups excluding carboxylic acids is 1. The average Bonchev–Trinajstić information content (AvgIpc) is 3.33. The largest absolute Gasteiger partial charge is 0.417 e. The van der Waals surface area contributed by atoms with Crippen LogP contribution in [0.3, 0.4) is 0 Å². The highest BCUT2D eigenvalue weighted by atomic mass is 32.1. The van der Waals surface area contributed by atoms with Crippen LogP contribution in [0.5, 0.6) is 0 Å². The maximum absolute atomic E-state index is 13.8. The van der Waals surface area contributed by atoms with Crippen LogP contribution in [0.4, 0.5) is 24.8 Å². The number of nitrogen functional groups attached to an aromatic ring is 1. The maximum Gasteiger partial charge on any atom is 0.417 e. The third-order valence-electron chi connectivity index (χ3n) is 6.26. The molecule has 0 aliphatic carbocycles. The summed E-state index contributed by atoms with van der Waals surface area (Å²) >= 11 is -0.750. The molecule has 0 atom stereocenters. The van der Waals surface area contributed by atoms with Crippen molar-refractivity contribution >= 4 is 34.6 Å². The Hall–Kier alpha value is -3.63. The van der Waals surface area contributed by atoms with Crippen LogP contribution in [-0.2, 0) is 22.5 Å². The molecule has 3 aromatic heterocycles. The number of alkyl halides is 3. The molecule has 5 heterocycles. The number of rotatable bonds is 3. The molecule has 12 nitrogen and oxygen atoms in total. The van der Waals surface area contributed by atoms with Crippen LogP contribution in [-0.4, -0.2) is 103 Å². The molecule has 1 amide bonds. The summed E-state index contributed by atoms with van der Waals surface area (Å²) in [5, 5.41) is 4.35. The van der Waals surface area contributed by atoms with Crippen LogP contribution in [0.15, 0.2) is 24.5 Å². The molecule has 2 N–H and O–H groups in total. The summed E-state index contributed by atoms with van der Waals surface area (Å²) in [5.74, 6) is -0.131. The number of morpholine rings is 1. The van der Waals surface area contributed by atoms with Gasteiger partial charge in [-0.3, -0.25) is 4.79 Å². The molecule has 16 heteroatoms. The number of likely N-dealkylation sites (N-methyl/N-ethyl adjacent to an activating group) is 1. The number of pyridine rings is 1. The number of anilines is 2. The second kappa shape index (κ2) is 11.4. The number of hydrogen-bond acceptors (Lipinski definition) is 10. The lowest BCUT2D eigenvalue weighted by Crippen LogP contribution is -2.47. The second-order valence-electron chi connectivity index (χ2n) is 8.73. The third kappa shape index (κ3) is 5.92. The Morgan fingerprint density at radius 2 is 1.74 bits per heavy atom. The fraction of sp³-hybridized carbons (Fsp3) is 0.455. The summed E-state index contributed by atoms with van der Waals surface area (Å²) in [6.07, 6.45) is -2.10. The van der Waals surface area contributed by atoms with Gasteiger partial charge in [-0.05, 0) is 19.2 Å². The quantitative estimate of drug-likeness (QED) is 0.498.